The molecule has 3 N–H and O–H groups in total. The van der Waals surface area contributed by atoms with E-state index in [0.29, 0.717) is 16.4 Å². The molecule has 1 atom stereocenters. The van der Waals surface area contributed by atoms with E-state index in [2.05, 4.69) is 9.71 Å². The molecule has 1 heterocycles. The number of benzene rings is 1. The third-order valence-electron chi connectivity index (χ3n) is 3.90. The summed E-state index contributed by atoms with van der Waals surface area (Å²) in [4.78, 5) is 5.73. The zero-order valence-corrected chi connectivity index (χ0v) is 14.2. The minimum Gasteiger partial charge on any atom is -0.375 e. The van der Waals surface area contributed by atoms with E-state index in [0.717, 1.165) is 34.5 Å². The number of hydrogen-bond acceptors (Lipinski definition) is 5. The van der Waals surface area contributed by atoms with Crippen molar-refractivity contribution in [2.24, 2.45) is 0 Å². The fraction of sp³-hybridized carbons (Fsp3) is 0.400. The van der Waals surface area contributed by atoms with Crippen LogP contribution in [0.4, 0.5) is 5.13 Å². The number of thiazole rings is 1. The minimum absolute atomic E-state index is 0.0990. The van der Waals surface area contributed by atoms with Crippen LogP contribution in [-0.4, -0.2) is 19.4 Å². The number of nitrogen functional groups attached to an aromatic ring is 1. The van der Waals surface area contributed by atoms with Crippen molar-refractivity contribution in [1.82, 2.24) is 9.71 Å². The number of aryl methyl sites for hydroxylation is 3. The van der Waals surface area contributed by atoms with E-state index < -0.39 is 10.0 Å². The average Bonchev–Trinajstić information content (AvgIpc) is 2.77. The van der Waals surface area contributed by atoms with Crippen LogP contribution < -0.4 is 10.5 Å². The van der Waals surface area contributed by atoms with Gasteiger partial charge in [0.25, 0.3) is 0 Å². The molecule has 1 unspecified atom stereocenters. The van der Waals surface area contributed by atoms with Crippen LogP contribution in [0, 0.1) is 13.8 Å². The van der Waals surface area contributed by atoms with E-state index in [-0.39, 0.29) is 6.04 Å². The Kier molecular flexibility index (Phi) is 3.96. The average molecular weight is 337 g/mol. The van der Waals surface area contributed by atoms with Gasteiger partial charge in [0, 0.05) is 17.3 Å². The highest BCUT2D eigenvalue weighted by Gasteiger charge is 2.27. The first-order valence-corrected chi connectivity index (χ1v) is 9.49. The third-order valence-corrected chi connectivity index (χ3v) is 6.53. The number of sulfonamides is 1. The number of rotatable bonds is 3. The molecule has 1 aromatic heterocycles. The molecule has 0 saturated heterocycles. The monoisotopic (exact) mass is 337 g/mol. The Bertz CT molecular complexity index is 812. The second kappa shape index (κ2) is 5.64. The molecule has 2 aromatic rings. The number of aromatic nitrogens is 1. The van der Waals surface area contributed by atoms with E-state index in [1.54, 1.807) is 6.07 Å². The second-order valence-electron chi connectivity index (χ2n) is 5.75. The van der Waals surface area contributed by atoms with Crippen molar-refractivity contribution in [3.8, 4) is 0 Å². The zero-order chi connectivity index (χ0) is 15.9. The molecule has 7 heteroatoms. The number of nitrogens with zero attached hydrogens (tertiary/aromatic N) is 1. The minimum atomic E-state index is -3.50. The van der Waals surface area contributed by atoms with Crippen molar-refractivity contribution in [3.63, 3.8) is 0 Å². The summed E-state index contributed by atoms with van der Waals surface area (Å²) >= 11 is 1.45. The second-order valence-corrected chi connectivity index (χ2v) is 8.55. The first-order chi connectivity index (χ1) is 10.3. The molecule has 0 amide bonds. The molecule has 0 radical (unpaired) electrons. The van der Waals surface area contributed by atoms with Crippen molar-refractivity contribution < 1.29 is 8.42 Å². The number of nitrogens with one attached hydrogen (secondary N) is 1. The molecule has 1 aromatic carbocycles. The molecule has 1 aliphatic rings. The van der Waals surface area contributed by atoms with Crippen LogP contribution in [0.2, 0.25) is 0 Å². The van der Waals surface area contributed by atoms with Gasteiger partial charge in [-0.1, -0.05) is 17.7 Å². The largest absolute Gasteiger partial charge is 0.375 e. The maximum Gasteiger partial charge on any atom is 0.241 e. The Morgan fingerprint density at radius 1 is 1.36 bits per heavy atom. The highest BCUT2D eigenvalue weighted by Crippen LogP contribution is 2.29. The molecule has 0 bridgehead atoms. The van der Waals surface area contributed by atoms with Crippen molar-refractivity contribution in [3.05, 3.63) is 39.9 Å². The van der Waals surface area contributed by atoms with E-state index in [4.69, 9.17) is 5.73 Å². The van der Waals surface area contributed by atoms with E-state index in [1.807, 2.05) is 26.0 Å². The van der Waals surface area contributed by atoms with E-state index >= 15 is 0 Å². The van der Waals surface area contributed by atoms with Crippen LogP contribution in [0.15, 0.2) is 23.1 Å². The van der Waals surface area contributed by atoms with Crippen molar-refractivity contribution in [1.29, 1.82) is 0 Å². The van der Waals surface area contributed by atoms with Crippen LogP contribution in [0.25, 0.3) is 0 Å². The van der Waals surface area contributed by atoms with Gasteiger partial charge in [-0.05, 0) is 38.3 Å². The third kappa shape index (κ3) is 3.02. The Labute approximate surface area is 134 Å². The maximum atomic E-state index is 12.6. The van der Waals surface area contributed by atoms with Gasteiger partial charge in [-0.3, -0.25) is 0 Å². The normalized spacial score (nSPS) is 18.2. The summed E-state index contributed by atoms with van der Waals surface area (Å²) in [5, 5.41) is 0.558. The summed E-state index contributed by atoms with van der Waals surface area (Å²) in [6.07, 6.45) is 2.18. The first kappa shape index (κ1) is 15.5. The number of anilines is 1. The van der Waals surface area contributed by atoms with Crippen LogP contribution >= 0.6 is 11.3 Å². The Morgan fingerprint density at radius 2 is 2.14 bits per heavy atom. The van der Waals surface area contributed by atoms with Crippen LogP contribution in [-0.2, 0) is 22.9 Å². The first-order valence-electron chi connectivity index (χ1n) is 7.19. The van der Waals surface area contributed by atoms with Gasteiger partial charge in [0.15, 0.2) is 5.13 Å². The topological polar surface area (TPSA) is 85.1 Å². The molecule has 0 saturated carbocycles. The molecule has 118 valence electrons. The number of nitrogens with two attached hydrogens (primary N) is 1. The van der Waals surface area contributed by atoms with Crippen molar-refractivity contribution >= 4 is 26.5 Å². The highest BCUT2D eigenvalue weighted by molar-refractivity contribution is 7.89. The number of hydrogen-bond donors (Lipinski definition) is 2. The van der Waals surface area contributed by atoms with Gasteiger partial charge in [-0.2, -0.15) is 0 Å². The Morgan fingerprint density at radius 3 is 2.86 bits per heavy atom. The summed E-state index contributed by atoms with van der Waals surface area (Å²) in [7, 11) is -3.50. The lowest BCUT2D eigenvalue weighted by Crippen LogP contribution is -2.38. The van der Waals surface area contributed by atoms with Gasteiger partial charge >= 0.3 is 0 Å². The summed E-state index contributed by atoms with van der Waals surface area (Å²) in [5.74, 6) is 0. The van der Waals surface area contributed by atoms with Gasteiger partial charge in [0.05, 0.1) is 10.6 Å². The molecular formula is C15H19N3O2S2. The molecular weight excluding hydrogens is 318 g/mol. The predicted molar refractivity (Wildman–Crippen MR) is 88.6 cm³/mol. The lowest BCUT2D eigenvalue weighted by Gasteiger charge is -2.22. The lowest BCUT2D eigenvalue weighted by molar-refractivity contribution is 0.507. The Balaban J connectivity index is 1.80. The van der Waals surface area contributed by atoms with Gasteiger partial charge in [0.1, 0.15) is 0 Å². The molecule has 22 heavy (non-hydrogen) atoms. The SMILES string of the molecule is Cc1ccc(S(=O)(=O)NC2CCc3nc(N)sc3C2)c(C)c1. The Hall–Kier alpha value is -1.44. The lowest BCUT2D eigenvalue weighted by atomic mass is 9.99. The summed E-state index contributed by atoms with van der Waals surface area (Å²) in [6.45, 7) is 3.78. The quantitative estimate of drug-likeness (QED) is 0.899. The van der Waals surface area contributed by atoms with Crippen LogP contribution in [0.1, 0.15) is 28.1 Å². The van der Waals surface area contributed by atoms with Gasteiger partial charge in [0.2, 0.25) is 10.0 Å². The van der Waals surface area contributed by atoms with Crippen LogP contribution in [0.3, 0.4) is 0 Å². The zero-order valence-electron chi connectivity index (χ0n) is 12.6. The standard InChI is InChI=1S/C15H19N3O2S2/c1-9-3-6-14(10(2)7-9)22(19,20)18-11-4-5-12-13(8-11)21-15(16)17-12/h3,6-7,11,18H,4-5,8H2,1-2H3,(H2,16,17). The fourth-order valence-corrected chi connectivity index (χ4v) is 5.33. The van der Waals surface area contributed by atoms with Crippen molar-refractivity contribution in [2.45, 2.75) is 44.0 Å². The number of fused-ring (bicyclic) bond motifs is 1. The molecule has 0 fully saturated rings. The van der Waals surface area contributed by atoms with Crippen LogP contribution in [0.5, 0.6) is 0 Å². The van der Waals surface area contributed by atoms with Gasteiger partial charge in [-0.25, -0.2) is 18.1 Å². The molecule has 0 aliphatic heterocycles. The predicted octanol–water partition coefficient (Wildman–Crippen LogP) is 2.18. The van der Waals surface area contributed by atoms with E-state index in [1.165, 1.54) is 11.3 Å². The van der Waals surface area contributed by atoms with E-state index in [9.17, 15) is 8.42 Å². The summed E-state index contributed by atoms with van der Waals surface area (Å²) < 4.78 is 28.0. The molecule has 0 spiro atoms. The maximum absolute atomic E-state index is 12.6. The fourth-order valence-electron chi connectivity index (χ4n) is 2.88. The van der Waals surface area contributed by atoms with Gasteiger partial charge < -0.3 is 5.73 Å². The van der Waals surface area contributed by atoms with Crippen molar-refractivity contribution in [2.75, 3.05) is 5.73 Å². The smallest absolute Gasteiger partial charge is 0.241 e. The van der Waals surface area contributed by atoms with Gasteiger partial charge in [-0.15, -0.1) is 11.3 Å². The summed E-state index contributed by atoms with van der Waals surface area (Å²) in [6, 6.07) is 5.28. The highest BCUT2D eigenvalue weighted by atomic mass is 32.2. The molecule has 3 rings (SSSR count). The summed E-state index contributed by atoms with van der Waals surface area (Å²) in [5.41, 5.74) is 8.57. The molecule has 5 nitrogen and oxygen atoms in total. The molecule has 1 aliphatic carbocycles.